The van der Waals surface area contributed by atoms with Crippen LogP contribution in [0.5, 0.6) is 0 Å². The zero-order chi connectivity index (χ0) is 15.5. The second-order valence-electron chi connectivity index (χ2n) is 6.72. The summed E-state index contributed by atoms with van der Waals surface area (Å²) < 4.78 is 0. The van der Waals surface area contributed by atoms with Crippen LogP contribution in [0.1, 0.15) is 26.2 Å². The summed E-state index contributed by atoms with van der Waals surface area (Å²) in [5, 5.41) is 6.46. The summed E-state index contributed by atoms with van der Waals surface area (Å²) in [6.07, 6.45) is 2.92. The molecule has 2 aliphatic rings. The van der Waals surface area contributed by atoms with Gasteiger partial charge in [0, 0.05) is 51.1 Å². The monoisotopic (exact) mass is 295 g/mol. The van der Waals surface area contributed by atoms with Gasteiger partial charge in [0.15, 0.2) is 5.96 Å². The molecule has 2 rings (SSSR count). The van der Waals surface area contributed by atoms with Crippen LogP contribution in [0.4, 0.5) is 0 Å². The molecule has 2 N–H and O–H groups in total. The van der Waals surface area contributed by atoms with E-state index in [1.54, 1.807) is 0 Å². The van der Waals surface area contributed by atoms with Crippen molar-refractivity contribution in [2.75, 3.05) is 47.3 Å². The van der Waals surface area contributed by atoms with E-state index in [0.29, 0.717) is 12.5 Å². The largest absolute Gasteiger partial charge is 0.355 e. The Labute approximate surface area is 128 Å². The van der Waals surface area contributed by atoms with Gasteiger partial charge in [0.1, 0.15) is 0 Å². The maximum Gasteiger partial charge on any atom is 0.220 e. The molecule has 6 heteroatoms. The highest BCUT2D eigenvalue weighted by molar-refractivity contribution is 5.81. The Hall–Kier alpha value is -1.30. The number of hydrogen-bond acceptors (Lipinski definition) is 3. The summed E-state index contributed by atoms with van der Waals surface area (Å²) in [6, 6.07) is 0.454. The van der Waals surface area contributed by atoms with E-state index in [0.717, 1.165) is 45.0 Å². The first kappa shape index (κ1) is 16.1. The van der Waals surface area contributed by atoms with Gasteiger partial charge >= 0.3 is 0 Å². The van der Waals surface area contributed by atoms with E-state index in [1.165, 1.54) is 0 Å². The summed E-state index contributed by atoms with van der Waals surface area (Å²) >= 11 is 0. The Kier molecular flexibility index (Phi) is 5.08. The summed E-state index contributed by atoms with van der Waals surface area (Å²) in [7, 11) is 6.00. The Morgan fingerprint density at radius 2 is 2.33 bits per heavy atom. The molecule has 1 amide bonds. The minimum Gasteiger partial charge on any atom is -0.355 e. The molecule has 0 saturated carbocycles. The van der Waals surface area contributed by atoms with Gasteiger partial charge in [-0.15, -0.1) is 0 Å². The van der Waals surface area contributed by atoms with Crippen molar-refractivity contribution in [3.63, 3.8) is 0 Å². The molecule has 0 radical (unpaired) electrons. The predicted molar refractivity (Wildman–Crippen MR) is 85.4 cm³/mol. The van der Waals surface area contributed by atoms with Crippen LogP contribution in [0, 0.1) is 5.41 Å². The van der Waals surface area contributed by atoms with Crippen molar-refractivity contribution in [1.82, 2.24) is 20.4 Å². The maximum atomic E-state index is 11.6. The van der Waals surface area contributed by atoms with Crippen molar-refractivity contribution in [3.05, 3.63) is 0 Å². The van der Waals surface area contributed by atoms with Gasteiger partial charge in [-0.1, -0.05) is 0 Å². The molecule has 2 unspecified atom stereocenters. The summed E-state index contributed by atoms with van der Waals surface area (Å²) in [4.78, 5) is 20.5. The van der Waals surface area contributed by atoms with E-state index < -0.39 is 0 Å². The van der Waals surface area contributed by atoms with Crippen molar-refractivity contribution in [3.8, 4) is 0 Å². The Morgan fingerprint density at radius 3 is 2.90 bits per heavy atom. The normalized spacial score (nSPS) is 28.1. The van der Waals surface area contributed by atoms with Gasteiger partial charge in [0.2, 0.25) is 5.91 Å². The van der Waals surface area contributed by atoms with Gasteiger partial charge in [-0.3, -0.25) is 9.79 Å². The molecule has 2 aliphatic heterocycles. The number of piperidine rings is 1. The average molecular weight is 295 g/mol. The zero-order valence-electron chi connectivity index (χ0n) is 13.8. The van der Waals surface area contributed by atoms with Crippen LogP contribution in [0.2, 0.25) is 0 Å². The van der Waals surface area contributed by atoms with E-state index in [2.05, 4.69) is 46.4 Å². The molecule has 6 nitrogen and oxygen atoms in total. The Morgan fingerprint density at radius 1 is 1.57 bits per heavy atom. The number of rotatable bonds is 3. The van der Waals surface area contributed by atoms with E-state index in [-0.39, 0.29) is 11.3 Å². The van der Waals surface area contributed by atoms with Crippen molar-refractivity contribution >= 4 is 11.9 Å². The van der Waals surface area contributed by atoms with Crippen molar-refractivity contribution < 1.29 is 4.79 Å². The fraction of sp³-hybridized carbons (Fsp3) is 0.867. The number of carbonyl (C=O) groups excluding carboxylic acids is 1. The standard InChI is InChI=1S/C15H29N5O/c1-12(19(3)4)9-17-14(16-2)20-7-5-6-15(11-20)8-13(21)18-10-15/h12H,5-11H2,1-4H3,(H,16,17)(H,18,21). The lowest BCUT2D eigenvalue weighted by Gasteiger charge is -2.41. The lowest BCUT2D eigenvalue weighted by atomic mass is 9.79. The lowest BCUT2D eigenvalue weighted by Crippen LogP contribution is -2.52. The van der Waals surface area contributed by atoms with Gasteiger partial charge in [-0.25, -0.2) is 0 Å². The summed E-state index contributed by atoms with van der Waals surface area (Å²) in [5.74, 6) is 1.16. The van der Waals surface area contributed by atoms with Crippen molar-refractivity contribution in [2.45, 2.75) is 32.2 Å². The minimum atomic E-state index is 0.111. The van der Waals surface area contributed by atoms with E-state index in [1.807, 2.05) is 7.05 Å². The molecule has 0 aromatic carbocycles. The third-order valence-electron chi connectivity index (χ3n) is 4.81. The van der Waals surface area contributed by atoms with Crippen LogP contribution in [0.15, 0.2) is 4.99 Å². The Balaban J connectivity index is 1.94. The molecule has 2 saturated heterocycles. The number of nitrogens with zero attached hydrogens (tertiary/aromatic N) is 3. The van der Waals surface area contributed by atoms with Gasteiger partial charge < -0.3 is 20.4 Å². The molecule has 2 heterocycles. The molecular formula is C15H29N5O. The molecule has 120 valence electrons. The second-order valence-corrected chi connectivity index (χ2v) is 6.72. The quantitative estimate of drug-likeness (QED) is 0.573. The fourth-order valence-corrected chi connectivity index (χ4v) is 3.18. The highest BCUT2D eigenvalue weighted by Crippen LogP contribution is 2.35. The van der Waals surface area contributed by atoms with Crippen LogP contribution in [0.3, 0.4) is 0 Å². The van der Waals surface area contributed by atoms with Crippen molar-refractivity contribution in [1.29, 1.82) is 0 Å². The number of amides is 1. The number of likely N-dealkylation sites (N-methyl/N-ethyl adjacent to an activating group) is 1. The molecule has 21 heavy (non-hydrogen) atoms. The third-order valence-corrected chi connectivity index (χ3v) is 4.81. The molecule has 0 aromatic heterocycles. The topological polar surface area (TPSA) is 60.0 Å². The van der Waals surface area contributed by atoms with Crippen molar-refractivity contribution in [2.24, 2.45) is 10.4 Å². The third kappa shape index (κ3) is 3.87. The molecule has 2 fully saturated rings. The number of likely N-dealkylation sites (tertiary alicyclic amines) is 1. The van der Waals surface area contributed by atoms with Crippen LogP contribution in [-0.4, -0.2) is 75.0 Å². The van der Waals surface area contributed by atoms with Gasteiger partial charge in [0.25, 0.3) is 0 Å². The number of aliphatic imine (C=N–C) groups is 1. The number of carbonyl (C=O) groups is 1. The zero-order valence-corrected chi connectivity index (χ0v) is 13.8. The van der Waals surface area contributed by atoms with E-state index in [9.17, 15) is 4.79 Å². The highest BCUT2D eigenvalue weighted by atomic mass is 16.1. The molecule has 1 spiro atoms. The molecule has 0 aliphatic carbocycles. The molecule has 2 atom stereocenters. The highest BCUT2D eigenvalue weighted by Gasteiger charge is 2.42. The number of hydrogen-bond donors (Lipinski definition) is 2. The SMILES string of the molecule is CN=C(NCC(C)N(C)C)N1CCCC2(CNC(=O)C2)C1. The molecule has 0 aromatic rings. The van der Waals surface area contributed by atoms with Crippen LogP contribution >= 0.6 is 0 Å². The Bertz CT molecular complexity index is 409. The van der Waals surface area contributed by atoms with E-state index >= 15 is 0 Å². The van der Waals surface area contributed by atoms with Crippen LogP contribution in [0.25, 0.3) is 0 Å². The lowest BCUT2D eigenvalue weighted by molar-refractivity contribution is -0.119. The fourth-order valence-electron chi connectivity index (χ4n) is 3.18. The maximum absolute atomic E-state index is 11.6. The first-order valence-electron chi connectivity index (χ1n) is 7.84. The minimum absolute atomic E-state index is 0.111. The number of nitrogens with one attached hydrogen (secondary N) is 2. The molecular weight excluding hydrogens is 266 g/mol. The first-order chi connectivity index (χ1) is 9.96. The van der Waals surface area contributed by atoms with E-state index in [4.69, 9.17) is 0 Å². The number of guanidine groups is 1. The van der Waals surface area contributed by atoms with Gasteiger partial charge in [0.05, 0.1) is 0 Å². The average Bonchev–Trinajstić information content (AvgIpc) is 2.80. The predicted octanol–water partition coefficient (Wildman–Crippen LogP) is 0.114. The van der Waals surface area contributed by atoms with Crippen LogP contribution < -0.4 is 10.6 Å². The van der Waals surface area contributed by atoms with Gasteiger partial charge in [-0.2, -0.15) is 0 Å². The van der Waals surface area contributed by atoms with Gasteiger partial charge in [-0.05, 0) is 33.9 Å². The van der Waals surface area contributed by atoms with Crippen LogP contribution in [-0.2, 0) is 4.79 Å². The molecule has 0 bridgehead atoms. The summed E-state index contributed by atoms with van der Waals surface area (Å²) in [5.41, 5.74) is 0.111. The second kappa shape index (κ2) is 6.64. The smallest absolute Gasteiger partial charge is 0.220 e. The summed E-state index contributed by atoms with van der Waals surface area (Å²) in [6.45, 7) is 5.82. The first-order valence-corrected chi connectivity index (χ1v) is 7.84.